The molecule has 0 spiro atoms. The number of amides is 2. The van der Waals surface area contributed by atoms with E-state index in [1.54, 1.807) is 0 Å². The lowest BCUT2D eigenvalue weighted by atomic mass is 9.76. The largest absolute Gasteiger partial charge is 0.494 e. The summed E-state index contributed by atoms with van der Waals surface area (Å²) in [5.74, 6) is 0. The molecule has 0 bridgehead atoms. The molecule has 1 unspecified atom stereocenters. The van der Waals surface area contributed by atoms with Crippen molar-refractivity contribution in [2.45, 2.75) is 91.2 Å². The van der Waals surface area contributed by atoms with E-state index < -0.39 is 12.7 Å². The summed E-state index contributed by atoms with van der Waals surface area (Å²) >= 11 is 0. The summed E-state index contributed by atoms with van der Waals surface area (Å²) < 4.78 is 17.9. The molecule has 2 amide bonds. The zero-order valence-corrected chi connectivity index (χ0v) is 19.4. The summed E-state index contributed by atoms with van der Waals surface area (Å²) in [6.07, 6.45) is 0.805. The second-order valence-corrected chi connectivity index (χ2v) is 9.91. The molecule has 1 aromatic rings. The van der Waals surface area contributed by atoms with Crippen LogP contribution in [-0.2, 0) is 31.8 Å². The third-order valence-electron chi connectivity index (χ3n) is 5.77. The average molecular weight is 418 g/mol. The van der Waals surface area contributed by atoms with Crippen LogP contribution in [-0.4, -0.2) is 47.4 Å². The van der Waals surface area contributed by atoms with Crippen molar-refractivity contribution >= 4 is 25.1 Å². The zero-order valence-electron chi connectivity index (χ0n) is 19.4. The van der Waals surface area contributed by atoms with Crippen LogP contribution in [0.2, 0.25) is 0 Å². The maximum absolute atomic E-state index is 12.6. The quantitative estimate of drug-likeness (QED) is 0.560. The molecule has 2 N–H and O–H groups in total. The Morgan fingerprint density at radius 2 is 1.73 bits per heavy atom. The van der Waals surface area contributed by atoms with E-state index >= 15 is 0 Å². The molecule has 1 aromatic carbocycles. The van der Waals surface area contributed by atoms with Crippen molar-refractivity contribution in [1.82, 2.24) is 4.90 Å². The van der Waals surface area contributed by atoms with Gasteiger partial charge in [-0.25, -0.2) is 4.79 Å². The van der Waals surface area contributed by atoms with Gasteiger partial charge in [0.25, 0.3) is 0 Å². The Labute approximate surface area is 180 Å². The van der Waals surface area contributed by atoms with Crippen molar-refractivity contribution in [1.29, 1.82) is 0 Å². The van der Waals surface area contributed by atoms with Gasteiger partial charge in [-0.2, -0.15) is 0 Å². The Bertz CT molecular complexity index is 772. The molecule has 3 rings (SSSR count). The van der Waals surface area contributed by atoms with Gasteiger partial charge in [0, 0.05) is 12.6 Å². The normalized spacial score (nSPS) is 21.9. The minimum Gasteiger partial charge on any atom is -0.444 e. The van der Waals surface area contributed by atoms with Crippen LogP contribution in [0, 0.1) is 0 Å². The molecule has 166 valence electrons. The second kappa shape index (κ2) is 8.59. The Kier molecular flexibility index (Phi) is 6.94. The maximum Gasteiger partial charge on any atom is 0.494 e. The predicted octanol–water partition coefficient (Wildman–Crippen LogP) is 2.77. The summed E-state index contributed by atoms with van der Waals surface area (Å²) in [5.41, 5.74) is 6.32. The van der Waals surface area contributed by atoms with Crippen LogP contribution in [0.3, 0.4) is 0 Å². The molecule has 0 aromatic heterocycles. The summed E-state index contributed by atoms with van der Waals surface area (Å²) in [4.78, 5) is 23.0. The number of carbonyl (C=O) groups is 2. The molecule has 2 heterocycles. The van der Waals surface area contributed by atoms with Crippen LogP contribution in [0.25, 0.3) is 0 Å². The van der Waals surface area contributed by atoms with Gasteiger partial charge >= 0.3 is 13.2 Å². The predicted molar refractivity (Wildman–Crippen MR) is 117 cm³/mol. The summed E-state index contributed by atoms with van der Waals surface area (Å²) in [6, 6.07) is 6.44. The van der Waals surface area contributed by atoms with Crippen LogP contribution in [0.4, 0.5) is 4.79 Å². The number of benzene rings is 1. The van der Waals surface area contributed by atoms with Crippen LogP contribution >= 0.6 is 0 Å². The highest BCUT2D eigenvalue weighted by molar-refractivity contribution is 6.62. The molecule has 7 nitrogen and oxygen atoms in total. The highest BCUT2D eigenvalue weighted by Crippen LogP contribution is 2.36. The number of hydrogen-bond acceptors (Lipinski definition) is 5. The van der Waals surface area contributed by atoms with Gasteiger partial charge < -0.3 is 24.7 Å². The third-order valence-corrected chi connectivity index (χ3v) is 5.77. The molecule has 1 saturated heterocycles. The number of primary amides is 1. The molecular formula is C22H35BN2O5. The highest BCUT2D eigenvalue weighted by Gasteiger charge is 2.51. The maximum atomic E-state index is 12.6. The van der Waals surface area contributed by atoms with Gasteiger partial charge in [-0.3, -0.25) is 4.79 Å². The fourth-order valence-electron chi connectivity index (χ4n) is 3.45. The Morgan fingerprint density at radius 3 is 2.23 bits per heavy atom. The van der Waals surface area contributed by atoms with Crippen molar-refractivity contribution in [2.75, 3.05) is 0 Å². The number of rotatable bonds is 1. The molecule has 2 aliphatic heterocycles. The monoisotopic (exact) mass is 418 g/mol. The Morgan fingerprint density at radius 1 is 1.20 bits per heavy atom. The first-order chi connectivity index (χ1) is 13.7. The van der Waals surface area contributed by atoms with E-state index in [2.05, 4.69) is 58.6 Å². The van der Waals surface area contributed by atoms with Crippen molar-refractivity contribution in [3.05, 3.63) is 29.3 Å². The van der Waals surface area contributed by atoms with Crippen LogP contribution < -0.4 is 11.2 Å². The molecule has 8 heteroatoms. The summed E-state index contributed by atoms with van der Waals surface area (Å²) in [5, 5.41) is 0. The SMILES string of the molecule is CC1Cc2ccc(B3OC(C)(C)C(C)(C)O3)cc2CN1C(=O)OC(C)(C)C.NC=O. The molecular weight excluding hydrogens is 383 g/mol. The van der Waals surface area contributed by atoms with E-state index in [0.29, 0.717) is 6.54 Å². The zero-order chi connectivity index (χ0) is 22.9. The van der Waals surface area contributed by atoms with Gasteiger partial charge in [-0.15, -0.1) is 0 Å². The van der Waals surface area contributed by atoms with E-state index in [9.17, 15) is 4.79 Å². The first kappa shape index (κ1) is 24.2. The van der Waals surface area contributed by atoms with Crippen molar-refractivity contribution in [3.8, 4) is 0 Å². The third kappa shape index (κ3) is 5.35. The number of nitrogens with two attached hydrogens (primary N) is 1. The molecule has 30 heavy (non-hydrogen) atoms. The van der Waals surface area contributed by atoms with E-state index in [4.69, 9.17) is 18.8 Å². The molecule has 0 aliphatic carbocycles. The van der Waals surface area contributed by atoms with Crippen LogP contribution in [0.1, 0.15) is 66.5 Å². The lowest BCUT2D eigenvalue weighted by Gasteiger charge is -2.36. The van der Waals surface area contributed by atoms with E-state index in [1.807, 2.05) is 25.7 Å². The Balaban J connectivity index is 0.00000101. The lowest BCUT2D eigenvalue weighted by Crippen LogP contribution is -2.45. The van der Waals surface area contributed by atoms with Gasteiger partial charge in [0.2, 0.25) is 6.41 Å². The number of nitrogens with zero attached hydrogens (tertiary/aromatic N) is 1. The van der Waals surface area contributed by atoms with E-state index in [0.717, 1.165) is 17.4 Å². The minimum atomic E-state index is -0.498. The molecule has 1 fully saturated rings. The summed E-state index contributed by atoms with van der Waals surface area (Å²) in [6.45, 7) is 16.5. The fourth-order valence-corrected chi connectivity index (χ4v) is 3.45. The number of fused-ring (bicyclic) bond motifs is 1. The second-order valence-electron chi connectivity index (χ2n) is 9.91. The average Bonchev–Trinajstić information content (AvgIpc) is 2.80. The molecule has 0 radical (unpaired) electrons. The fraction of sp³-hybridized carbons (Fsp3) is 0.636. The van der Waals surface area contributed by atoms with Gasteiger partial charge in [0.15, 0.2) is 0 Å². The van der Waals surface area contributed by atoms with Gasteiger partial charge in [-0.05, 0) is 78.4 Å². The van der Waals surface area contributed by atoms with Gasteiger partial charge in [0.1, 0.15) is 5.60 Å². The highest BCUT2D eigenvalue weighted by atomic mass is 16.7. The van der Waals surface area contributed by atoms with E-state index in [1.165, 1.54) is 5.56 Å². The standard InChI is InChI=1S/C21H32BNO4.CH3NO/c1-14-11-15-9-10-17(22-26-20(5,6)21(7,8)27-22)12-16(15)13-23(14)18(24)25-19(2,3)4;2-1-3/h9-10,12,14H,11,13H2,1-8H3;1H,(H2,2,3). The number of ether oxygens (including phenoxy) is 1. The number of hydrogen-bond donors (Lipinski definition) is 1. The van der Waals surface area contributed by atoms with E-state index in [-0.39, 0.29) is 29.7 Å². The molecule has 0 saturated carbocycles. The number of carbonyl (C=O) groups excluding carboxylic acids is 2. The minimum absolute atomic E-state index is 0.107. The van der Waals surface area contributed by atoms with Crippen molar-refractivity contribution in [3.63, 3.8) is 0 Å². The summed E-state index contributed by atoms with van der Waals surface area (Å²) in [7, 11) is -0.394. The van der Waals surface area contributed by atoms with Crippen molar-refractivity contribution < 1.29 is 23.6 Å². The first-order valence-corrected chi connectivity index (χ1v) is 10.3. The Hall–Kier alpha value is -2.06. The molecule has 1 atom stereocenters. The van der Waals surface area contributed by atoms with Gasteiger partial charge in [-0.1, -0.05) is 18.2 Å². The first-order valence-electron chi connectivity index (χ1n) is 10.3. The molecule has 2 aliphatic rings. The topological polar surface area (TPSA) is 91.1 Å². The smallest absolute Gasteiger partial charge is 0.444 e. The van der Waals surface area contributed by atoms with Crippen molar-refractivity contribution in [2.24, 2.45) is 5.73 Å². The van der Waals surface area contributed by atoms with Crippen LogP contribution in [0.15, 0.2) is 18.2 Å². The van der Waals surface area contributed by atoms with Crippen LogP contribution in [0.5, 0.6) is 0 Å². The lowest BCUT2D eigenvalue weighted by molar-refractivity contribution is -0.106. The van der Waals surface area contributed by atoms with Gasteiger partial charge in [0.05, 0.1) is 11.2 Å².